The first-order chi connectivity index (χ1) is 9.83. The van der Waals surface area contributed by atoms with Gasteiger partial charge in [-0.2, -0.15) is 0 Å². The van der Waals surface area contributed by atoms with Gasteiger partial charge in [-0.1, -0.05) is 37.5 Å². The molecule has 0 spiro atoms. The molecule has 3 nitrogen and oxygen atoms in total. The van der Waals surface area contributed by atoms with Crippen molar-refractivity contribution in [1.82, 2.24) is 5.32 Å². The van der Waals surface area contributed by atoms with Crippen molar-refractivity contribution in [2.75, 3.05) is 0 Å². The van der Waals surface area contributed by atoms with E-state index in [0.717, 1.165) is 0 Å². The van der Waals surface area contributed by atoms with Crippen LogP contribution in [0.2, 0.25) is 0 Å². The Bertz CT molecular complexity index is 436. The summed E-state index contributed by atoms with van der Waals surface area (Å²) in [5.41, 5.74) is 0. The quantitative estimate of drug-likeness (QED) is 0.895. The molecular formula is C17H23NO2. The van der Waals surface area contributed by atoms with E-state index < -0.39 is 0 Å². The summed E-state index contributed by atoms with van der Waals surface area (Å²) in [5, 5.41) is 3.14. The van der Waals surface area contributed by atoms with E-state index in [9.17, 15) is 4.79 Å². The van der Waals surface area contributed by atoms with E-state index in [-0.39, 0.29) is 6.09 Å². The van der Waals surface area contributed by atoms with Gasteiger partial charge in [0.25, 0.3) is 0 Å². The number of hydrogen-bond acceptors (Lipinski definition) is 2. The Hall–Kier alpha value is -1.51. The highest BCUT2D eigenvalue weighted by Gasteiger charge is 2.38. The molecule has 1 N–H and O–H groups in total. The smallest absolute Gasteiger partial charge is 0.410 e. The highest BCUT2D eigenvalue weighted by Crippen LogP contribution is 2.40. The largest absolute Gasteiger partial charge is 0.412 e. The molecule has 2 fully saturated rings. The highest BCUT2D eigenvalue weighted by molar-refractivity contribution is 5.70. The van der Waals surface area contributed by atoms with Crippen molar-refractivity contribution in [1.29, 1.82) is 0 Å². The maximum atomic E-state index is 12.1. The summed E-state index contributed by atoms with van der Waals surface area (Å²) in [5.74, 6) is 1.95. The van der Waals surface area contributed by atoms with Gasteiger partial charge in [-0.05, 0) is 49.7 Å². The van der Waals surface area contributed by atoms with Crippen LogP contribution in [0.1, 0.15) is 44.9 Å². The molecule has 1 amide bonds. The van der Waals surface area contributed by atoms with Crippen LogP contribution in [0.5, 0.6) is 5.75 Å². The van der Waals surface area contributed by atoms with Gasteiger partial charge in [0.2, 0.25) is 0 Å². The van der Waals surface area contributed by atoms with E-state index in [0.29, 0.717) is 23.6 Å². The fourth-order valence-corrected chi connectivity index (χ4v) is 3.33. The molecule has 1 aromatic carbocycles. The second kappa shape index (κ2) is 6.29. The summed E-state index contributed by atoms with van der Waals surface area (Å²) in [6, 6.07) is 9.62. The van der Waals surface area contributed by atoms with Crippen molar-refractivity contribution in [2.45, 2.75) is 51.0 Å². The van der Waals surface area contributed by atoms with Gasteiger partial charge < -0.3 is 10.1 Å². The standard InChI is InChI=1S/C17H23NO2/c19-17(20-15-9-5-2-6-10-15)18-16(14-11-12-14)13-7-3-1-4-8-13/h2,5-6,9-10,13-14,16H,1,3-4,7-8,11-12H2,(H,18,19)/t16-/m0/s1. The van der Waals surface area contributed by atoms with E-state index in [1.165, 1.54) is 44.9 Å². The maximum Gasteiger partial charge on any atom is 0.412 e. The van der Waals surface area contributed by atoms with Crippen molar-refractivity contribution in [3.05, 3.63) is 30.3 Å². The fourth-order valence-electron chi connectivity index (χ4n) is 3.33. The van der Waals surface area contributed by atoms with Crippen molar-refractivity contribution < 1.29 is 9.53 Å². The fraction of sp³-hybridized carbons (Fsp3) is 0.588. The van der Waals surface area contributed by atoms with Gasteiger partial charge in [-0.15, -0.1) is 0 Å². The van der Waals surface area contributed by atoms with Gasteiger partial charge >= 0.3 is 6.09 Å². The lowest BCUT2D eigenvalue weighted by Crippen LogP contribution is -2.43. The Morgan fingerprint density at radius 3 is 2.30 bits per heavy atom. The molecule has 0 heterocycles. The van der Waals surface area contributed by atoms with E-state index in [4.69, 9.17) is 4.74 Å². The third-order valence-electron chi connectivity index (χ3n) is 4.53. The summed E-state index contributed by atoms with van der Waals surface area (Å²) < 4.78 is 5.36. The van der Waals surface area contributed by atoms with Crippen LogP contribution in [0.3, 0.4) is 0 Å². The second-order valence-electron chi connectivity index (χ2n) is 6.11. The lowest BCUT2D eigenvalue weighted by molar-refractivity contribution is 0.179. The zero-order chi connectivity index (χ0) is 13.8. The maximum absolute atomic E-state index is 12.1. The third-order valence-corrected chi connectivity index (χ3v) is 4.53. The minimum absolute atomic E-state index is 0.293. The highest BCUT2D eigenvalue weighted by atomic mass is 16.6. The summed E-state index contributed by atoms with van der Waals surface area (Å²) in [4.78, 5) is 12.1. The minimum atomic E-state index is -0.293. The molecule has 1 atom stereocenters. The van der Waals surface area contributed by atoms with Gasteiger partial charge in [0, 0.05) is 6.04 Å². The Balaban J connectivity index is 1.57. The zero-order valence-corrected chi connectivity index (χ0v) is 11.9. The normalized spacial score (nSPS) is 21.2. The minimum Gasteiger partial charge on any atom is -0.410 e. The number of carbonyl (C=O) groups excluding carboxylic acids is 1. The Kier molecular flexibility index (Phi) is 4.24. The summed E-state index contributed by atoms with van der Waals surface area (Å²) in [7, 11) is 0. The summed E-state index contributed by atoms with van der Waals surface area (Å²) in [6.45, 7) is 0. The van der Waals surface area contributed by atoms with E-state index >= 15 is 0 Å². The average molecular weight is 273 g/mol. The molecule has 2 saturated carbocycles. The van der Waals surface area contributed by atoms with Crippen LogP contribution in [-0.4, -0.2) is 12.1 Å². The molecule has 0 aliphatic heterocycles. The van der Waals surface area contributed by atoms with E-state index in [2.05, 4.69) is 5.32 Å². The van der Waals surface area contributed by atoms with Gasteiger partial charge in [0.1, 0.15) is 5.75 Å². The number of para-hydroxylation sites is 1. The van der Waals surface area contributed by atoms with Crippen LogP contribution in [0.15, 0.2) is 30.3 Å². The van der Waals surface area contributed by atoms with Gasteiger partial charge in [0.15, 0.2) is 0 Å². The molecular weight excluding hydrogens is 250 g/mol. The molecule has 0 aromatic heterocycles. The molecule has 1 aromatic rings. The number of ether oxygens (including phenoxy) is 1. The first-order valence-electron chi connectivity index (χ1n) is 7.86. The number of carbonyl (C=O) groups is 1. The Morgan fingerprint density at radius 1 is 1.00 bits per heavy atom. The summed E-state index contributed by atoms with van der Waals surface area (Å²) >= 11 is 0. The molecule has 0 radical (unpaired) electrons. The van der Waals surface area contributed by atoms with E-state index in [1.54, 1.807) is 0 Å². The molecule has 0 bridgehead atoms. The topological polar surface area (TPSA) is 38.3 Å². The monoisotopic (exact) mass is 273 g/mol. The average Bonchev–Trinajstić information content (AvgIpc) is 3.31. The lowest BCUT2D eigenvalue weighted by atomic mass is 9.82. The number of rotatable bonds is 4. The van der Waals surface area contributed by atoms with Gasteiger partial charge in [-0.25, -0.2) is 4.79 Å². The molecule has 3 heteroatoms. The Morgan fingerprint density at radius 2 is 1.65 bits per heavy atom. The van der Waals surface area contributed by atoms with Crippen molar-refractivity contribution in [2.24, 2.45) is 11.8 Å². The molecule has 2 aliphatic rings. The SMILES string of the molecule is O=C(N[C@@H](C1CCCCC1)C1CC1)Oc1ccccc1. The predicted octanol–water partition coefficient (Wildman–Crippen LogP) is 4.13. The van der Waals surface area contributed by atoms with Crippen molar-refractivity contribution in [3.8, 4) is 5.75 Å². The first kappa shape index (κ1) is 13.5. The number of benzene rings is 1. The van der Waals surface area contributed by atoms with Crippen LogP contribution >= 0.6 is 0 Å². The van der Waals surface area contributed by atoms with Gasteiger partial charge in [-0.3, -0.25) is 0 Å². The Labute approximate surface area is 120 Å². The third kappa shape index (κ3) is 3.53. The van der Waals surface area contributed by atoms with Crippen LogP contribution in [0.4, 0.5) is 4.79 Å². The van der Waals surface area contributed by atoms with Crippen molar-refractivity contribution >= 4 is 6.09 Å². The van der Waals surface area contributed by atoms with Crippen LogP contribution in [-0.2, 0) is 0 Å². The number of nitrogens with one attached hydrogen (secondary N) is 1. The number of amides is 1. The van der Waals surface area contributed by atoms with Crippen molar-refractivity contribution in [3.63, 3.8) is 0 Å². The summed E-state index contributed by atoms with van der Waals surface area (Å²) in [6.07, 6.45) is 8.70. The van der Waals surface area contributed by atoms with Crippen LogP contribution in [0.25, 0.3) is 0 Å². The molecule has 108 valence electrons. The predicted molar refractivity (Wildman–Crippen MR) is 78.7 cm³/mol. The lowest BCUT2D eigenvalue weighted by Gasteiger charge is -2.30. The molecule has 0 saturated heterocycles. The zero-order valence-electron chi connectivity index (χ0n) is 11.9. The van der Waals surface area contributed by atoms with Crippen LogP contribution < -0.4 is 10.1 Å². The molecule has 20 heavy (non-hydrogen) atoms. The molecule has 0 unspecified atom stereocenters. The van der Waals surface area contributed by atoms with E-state index in [1.807, 2.05) is 30.3 Å². The molecule has 3 rings (SSSR count). The molecule has 2 aliphatic carbocycles. The number of hydrogen-bond donors (Lipinski definition) is 1. The van der Waals surface area contributed by atoms with Crippen LogP contribution in [0, 0.1) is 11.8 Å². The first-order valence-corrected chi connectivity index (χ1v) is 7.86. The van der Waals surface area contributed by atoms with Gasteiger partial charge in [0.05, 0.1) is 0 Å². The second-order valence-corrected chi connectivity index (χ2v) is 6.11.